The minimum Gasteiger partial charge on any atom is -0.692 e. The van der Waals surface area contributed by atoms with Crippen LogP contribution in [-0.2, 0) is 6.18 Å². The molecule has 21 heavy (non-hydrogen) atoms. The summed E-state index contributed by atoms with van der Waals surface area (Å²) in [6.45, 7) is 0. The van der Waals surface area contributed by atoms with Crippen LogP contribution in [0.2, 0.25) is 0 Å². The zero-order valence-corrected chi connectivity index (χ0v) is 10.4. The van der Waals surface area contributed by atoms with Crippen molar-refractivity contribution < 1.29 is 23.1 Å². The molecule has 0 fully saturated rings. The first kappa shape index (κ1) is 13.2. The van der Waals surface area contributed by atoms with Crippen LogP contribution in [0.15, 0.2) is 42.5 Å². The lowest BCUT2D eigenvalue weighted by molar-refractivity contribution is -0.664. The molecular formula is C13H8F3N3O2. The Bertz CT molecular complexity index is 810. The maximum Gasteiger partial charge on any atom is 0.416 e. The van der Waals surface area contributed by atoms with Gasteiger partial charge in [-0.15, -0.1) is 4.85 Å². The first-order valence-electron chi connectivity index (χ1n) is 5.85. The zero-order chi connectivity index (χ0) is 15.2. The van der Waals surface area contributed by atoms with Crippen molar-refractivity contribution in [2.45, 2.75) is 6.18 Å². The van der Waals surface area contributed by atoms with E-state index in [4.69, 9.17) is 0 Å². The van der Waals surface area contributed by atoms with E-state index >= 15 is 0 Å². The minimum atomic E-state index is -4.53. The second kappa shape index (κ2) is 4.37. The van der Waals surface area contributed by atoms with Crippen LogP contribution in [0.5, 0.6) is 5.75 Å². The highest BCUT2D eigenvalue weighted by Gasteiger charge is 2.32. The van der Waals surface area contributed by atoms with Gasteiger partial charge in [-0.05, 0) is 41.2 Å². The van der Waals surface area contributed by atoms with E-state index in [0.717, 1.165) is 23.0 Å². The van der Waals surface area contributed by atoms with Crippen LogP contribution in [-0.4, -0.2) is 15.0 Å². The average Bonchev–Trinajstić information content (AvgIpc) is 2.76. The normalized spacial score (nSPS) is 12.0. The first-order valence-corrected chi connectivity index (χ1v) is 5.85. The number of phenolic OH excluding ortho intramolecular Hbond substituents is 1. The zero-order valence-electron chi connectivity index (χ0n) is 10.4. The van der Waals surface area contributed by atoms with E-state index in [9.17, 15) is 23.5 Å². The van der Waals surface area contributed by atoms with E-state index in [1.165, 1.54) is 24.3 Å². The topological polar surface area (TPSA) is 65.0 Å². The summed E-state index contributed by atoms with van der Waals surface area (Å²) in [5.41, 5.74) is -0.624. The van der Waals surface area contributed by atoms with Gasteiger partial charge in [-0.2, -0.15) is 13.2 Å². The summed E-state index contributed by atoms with van der Waals surface area (Å²) in [6, 6.07) is 8.33. The predicted octanol–water partition coefficient (Wildman–Crippen LogP) is 2.38. The predicted molar refractivity (Wildman–Crippen MR) is 66.7 cm³/mol. The van der Waals surface area contributed by atoms with Crippen LogP contribution in [0.25, 0.3) is 16.7 Å². The fourth-order valence-corrected chi connectivity index (χ4v) is 1.93. The summed E-state index contributed by atoms with van der Waals surface area (Å²) in [5.74, 6) is 0.00673. The van der Waals surface area contributed by atoms with Gasteiger partial charge in [0.2, 0.25) is 11.0 Å². The molecule has 0 saturated carbocycles. The van der Waals surface area contributed by atoms with Gasteiger partial charge >= 0.3 is 6.18 Å². The lowest BCUT2D eigenvalue weighted by atomic mass is 10.2. The number of benzene rings is 2. The van der Waals surface area contributed by atoms with E-state index in [0.29, 0.717) is 5.69 Å². The maximum absolute atomic E-state index is 12.7. The molecule has 108 valence electrons. The minimum absolute atomic E-state index is 0.00673. The van der Waals surface area contributed by atoms with Crippen molar-refractivity contribution in [1.29, 1.82) is 0 Å². The van der Waals surface area contributed by atoms with Gasteiger partial charge in [-0.3, -0.25) is 0 Å². The molecule has 0 aliphatic rings. The molecule has 0 spiro atoms. The Labute approximate surface area is 116 Å². The fraction of sp³-hybridized carbons (Fsp3) is 0.0769. The average molecular weight is 295 g/mol. The molecule has 0 bridgehead atoms. The summed E-state index contributed by atoms with van der Waals surface area (Å²) in [7, 11) is 0. The van der Waals surface area contributed by atoms with E-state index in [1.807, 2.05) is 0 Å². The Balaban J connectivity index is 2.18. The summed E-state index contributed by atoms with van der Waals surface area (Å²) < 4.78 is 38.0. The van der Waals surface area contributed by atoms with E-state index < -0.39 is 11.7 Å². The standard InChI is InChI=1S/C13H8F3N3O2/c14-13(15,16)8-1-6-11-12(7-8)19(21)18(17-11)9-2-4-10(20)5-3-9/h1-7,20H. The highest BCUT2D eigenvalue weighted by Crippen LogP contribution is 2.30. The molecule has 3 aromatic rings. The SMILES string of the molecule is [O-][n+]1c2cc(C(F)(F)F)ccc2nn1-c1ccc(O)cc1. The number of hydrogen-bond donors (Lipinski definition) is 1. The van der Waals surface area contributed by atoms with Gasteiger partial charge in [0.1, 0.15) is 11.4 Å². The van der Waals surface area contributed by atoms with Crippen molar-refractivity contribution in [3.05, 3.63) is 53.2 Å². The van der Waals surface area contributed by atoms with E-state index in [-0.39, 0.29) is 21.6 Å². The van der Waals surface area contributed by atoms with Crippen molar-refractivity contribution in [3.63, 3.8) is 0 Å². The number of rotatable bonds is 1. The second-order valence-electron chi connectivity index (χ2n) is 4.38. The largest absolute Gasteiger partial charge is 0.692 e. The monoisotopic (exact) mass is 295 g/mol. The Morgan fingerprint density at radius 3 is 2.38 bits per heavy atom. The Hall–Kier alpha value is -2.77. The first-order chi connectivity index (χ1) is 9.86. The maximum atomic E-state index is 12.7. The summed E-state index contributed by atoms with van der Waals surface area (Å²) in [6.07, 6.45) is -4.53. The lowest BCUT2D eigenvalue weighted by Crippen LogP contribution is -2.37. The number of aromatic nitrogens is 3. The van der Waals surface area contributed by atoms with Gasteiger partial charge in [0.15, 0.2) is 0 Å². The van der Waals surface area contributed by atoms with Crippen molar-refractivity contribution in [1.82, 2.24) is 9.90 Å². The highest BCUT2D eigenvalue weighted by atomic mass is 19.4. The molecule has 3 rings (SSSR count). The van der Waals surface area contributed by atoms with Gasteiger partial charge in [0.25, 0.3) is 0 Å². The van der Waals surface area contributed by atoms with Gasteiger partial charge in [0, 0.05) is 6.07 Å². The molecule has 2 aromatic carbocycles. The molecule has 0 unspecified atom stereocenters. The molecule has 8 heteroatoms. The lowest BCUT2D eigenvalue weighted by Gasteiger charge is -2.06. The van der Waals surface area contributed by atoms with Crippen LogP contribution in [0, 0.1) is 5.21 Å². The Morgan fingerprint density at radius 1 is 1.10 bits per heavy atom. The molecule has 1 aromatic heterocycles. The van der Waals surface area contributed by atoms with E-state index in [2.05, 4.69) is 5.10 Å². The number of aromatic hydroxyl groups is 1. The van der Waals surface area contributed by atoms with E-state index in [1.54, 1.807) is 0 Å². The molecule has 0 saturated heterocycles. The van der Waals surface area contributed by atoms with Crippen LogP contribution >= 0.6 is 0 Å². The number of phenols is 1. The fourth-order valence-electron chi connectivity index (χ4n) is 1.93. The molecule has 1 heterocycles. The third-order valence-corrected chi connectivity index (χ3v) is 2.96. The van der Waals surface area contributed by atoms with Crippen LogP contribution in [0.4, 0.5) is 13.2 Å². The number of halogens is 3. The van der Waals surface area contributed by atoms with Gasteiger partial charge in [-0.1, -0.05) is 0 Å². The van der Waals surface area contributed by atoms with Crippen molar-refractivity contribution in [3.8, 4) is 11.4 Å². The van der Waals surface area contributed by atoms with Crippen molar-refractivity contribution in [2.24, 2.45) is 0 Å². The van der Waals surface area contributed by atoms with Crippen LogP contribution < -0.4 is 4.85 Å². The summed E-state index contributed by atoms with van der Waals surface area (Å²) in [5, 5.41) is 25.2. The van der Waals surface area contributed by atoms with Gasteiger partial charge < -0.3 is 10.3 Å². The van der Waals surface area contributed by atoms with Crippen molar-refractivity contribution >= 4 is 11.0 Å². The third-order valence-electron chi connectivity index (χ3n) is 2.96. The quantitative estimate of drug-likeness (QED) is 0.554. The number of nitrogens with zero attached hydrogens (tertiary/aromatic N) is 3. The van der Waals surface area contributed by atoms with Gasteiger partial charge in [0.05, 0.1) is 10.7 Å². The molecular weight excluding hydrogens is 287 g/mol. The summed E-state index contributed by atoms with van der Waals surface area (Å²) >= 11 is 0. The molecule has 0 amide bonds. The molecule has 5 nitrogen and oxygen atoms in total. The van der Waals surface area contributed by atoms with Crippen LogP contribution in [0.3, 0.4) is 0 Å². The van der Waals surface area contributed by atoms with Gasteiger partial charge in [-0.25, -0.2) is 0 Å². The second-order valence-corrected chi connectivity index (χ2v) is 4.38. The highest BCUT2D eigenvalue weighted by molar-refractivity contribution is 5.71. The number of alkyl halides is 3. The van der Waals surface area contributed by atoms with Crippen molar-refractivity contribution in [2.75, 3.05) is 0 Å². The molecule has 0 aliphatic heterocycles. The molecule has 0 aliphatic carbocycles. The Morgan fingerprint density at radius 2 is 1.76 bits per heavy atom. The number of hydrogen-bond acceptors (Lipinski definition) is 3. The summed E-state index contributed by atoms with van der Waals surface area (Å²) in [4.78, 5) is 1.20. The van der Waals surface area contributed by atoms with Crippen LogP contribution in [0.1, 0.15) is 5.56 Å². The number of fused-ring (bicyclic) bond motifs is 1. The Kier molecular flexibility index (Phi) is 2.75. The molecule has 0 atom stereocenters. The molecule has 0 radical (unpaired) electrons. The molecule has 1 N–H and O–H groups in total. The smallest absolute Gasteiger partial charge is 0.416 e. The third kappa shape index (κ3) is 2.24.